The molecule has 2 nitrogen and oxygen atoms in total. The van der Waals surface area contributed by atoms with Crippen molar-refractivity contribution in [1.29, 1.82) is 0 Å². The van der Waals surface area contributed by atoms with Gasteiger partial charge in [0.05, 0.1) is 0 Å². The van der Waals surface area contributed by atoms with Gasteiger partial charge in [-0.1, -0.05) is 0 Å². The molecule has 1 aromatic carbocycles. The van der Waals surface area contributed by atoms with Gasteiger partial charge >= 0.3 is 86.8 Å². The second-order valence-electron chi connectivity index (χ2n) is 2.32. The molecule has 1 aliphatic rings. The number of hydrogen-bond acceptors (Lipinski definition) is 2. The van der Waals surface area contributed by atoms with Crippen LogP contribution in [-0.4, -0.2) is 41.8 Å². The van der Waals surface area contributed by atoms with E-state index >= 15 is 0 Å². The molecule has 0 saturated carbocycles. The average Bonchev–Trinajstić information content (AvgIpc) is 2.20. The molecular formula is C8H4O2Te2. The van der Waals surface area contributed by atoms with Crippen LogP contribution in [0.3, 0.4) is 0 Å². The van der Waals surface area contributed by atoms with E-state index < -0.39 is 34.1 Å². The molecule has 0 fully saturated rings. The van der Waals surface area contributed by atoms with Crippen LogP contribution >= 0.6 is 0 Å². The van der Waals surface area contributed by atoms with Gasteiger partial charge in [0, 0.05) is 0 Å². The first-order valence-electron chi connectivity index (χ1n) is 3.30. The van der Waals surface area contributed by atoms with Gasteiger partial charge in [0.1, 0.15) is 0 Å². The van der Waals surface area contributed by atoms with Crippen LogP contribution in [0.25, 0.3) is 0 Å². The second kappa shape index (κ2) is 3.48. The van der Waals surface area contributed by atoms with Gasteiger partial charge in [-0.15, -0.1) is 0 Å². The van der Waals surface area contributed by atoms with E-state index in [0.717, 1.165) is 11.1 Å². The molecule has 4 heteroatoms. The van der Waals surface area contributed by atoms with E-state index in [4.69, 9.17) is 0 Å². The predicted molar refractivity (Wildman–Crippen MR) is 46.6 cm³/mol. The third-order valence-corrected chi connectivity index (χ3v) is 11.4. The maximum absolute atomic E-state index is 11.4. The number of fused-ring (bicyclic) bond motifs is 2. The summed E-state index contributed by atoms with van der Waals surface area (Å²) in [6, 6.07) is 7.16. The molecule has 2 bridgehead atoms. The first-order chi connectivity index (χ1) is 5.77. The zero-order chi connectivity index (χ0) is 8.55. The fourth-order valence-electron chi connectivity index (χ4n) is 0.945. The van der Waals surface area contributed by atoms with Gasteiger partial charge in [-0.3, -0.25) is 0 Å². The van der Waals surface area contributed by atoms with E-state index in [-0.39, 0.29) is 7.66 Å². The Morgan fingerprint density at radius 2 is 1.42 bits per heavy atom. The number of carbonyl (C=O) groups excluding carboxylic acids is 2. The van der Waals surface area contributed by atoms with Gasteiger partial charge in [-0.2, -0.15) is 0 Å². The molecule has 0 unspecified atom stereocenters. The SMILES string of the molecule is O=C1[Te][Te]C(=O)c2cccc1c2. The Bertz CT molecular complexity index is 329. The molecule has 1 heterocycles. The maximum atomic E-state index is 11.4. The van der Waals surface area contributed by atoms with E-state index in [1.807, 2.05) is 12.1 Å². The van der Waals surface area contributed by atoms with Crippen molar-refractivity contribution in [3.05, 3.63) is 35.4 Å². The average molecular weight is 387 g/mol. The summed E-state index contributed by atoms with van der Waals surface area (Å²) in [5.41, 5.74) is 1.51. The molecule has 0 saturated heterocycles. The molecule has 0 N–H and O–H groups in total. The molecule has 0 atom stereocenters. The molecule has 0 radical (unpaired) electrons. The third-order valence-electron chi connectivity index (χ3n) is 1.53. The Labute approximate surface area is 86.1 Å². The molecule has 0 spiro atoms. The Balaban J connectivity index is 2.58. The van der Waals surface area contributed by atoms with Crippen LogP contribution in [0.4, 0.5) is 0 Å². The topological polar surface area (TPSA) is 34.1 Å². The van der Waals surface area contributed by atoms with Gasteiger partial charge in [-0.25, -0.2) is 0 Å². The van der Waals surface area contributed by atoms with E-state index in [1.54, 1.807) is 12.1 Å². The summed E-state index contributed by atoms with van der Waals surface area (Å²) >= 11 is -1.28. The molecule has 12 heavy (non-hydrogen) atoms. The van der Waals surface area contributed by atoms with Crippen molar-refractivity contribution in [3.63, 3.8) is 0 Å². The van der Waals surface area contributed by atoms with Crippen molar-refractivity contribution in [1.82, 2.24) is 0 Å². The summed E-state index contributed by atoms with van der Waals surface area (Å²) in [6.45, 7) is 0. The van der Waals surface area contributed by atoms with E-state index in [0.29, 0.717) is 0 Å². The van der Waals surface area contributed by atoms with Gasteiger partial charge in [-0.05, 0) is 0 Å². The number of benzene rings is 1. The summed E-state index contributed by atoms with van der Waals surface area (Å²) in [5.74, 6) is 0. The van der Waals surface area contributed by atoms with Crippen molar-refractivity contribution < 1.29 is 9.59 Å². The van der Waals surface area contributed by atoms with E-state index in [2.05, 4.69) is 0 Å². The molecule has 0 aromatic heterocycles. The number of hydrogen-bond donors (Lipinski definition) is 0. The minimum absolute atomic E-state index is 0.260. The standard InChI is InChI=1S/C8H4O2Te2/c9-7-5-2-1-3-6(4-5)8(10)12-11-7/h1-4H. The fourth-order valence-corrected chi connectivity index (χ4v) is 9.23. The minimum atomic E-state index is -0.641. The summed E-state index contributed by atoms with van der Waals surface area (Å²) in [4.78, 5) is 22.7. The second-order valence-corrected chi connectivity index (χ2v) is 11.8. The summed E-state index contributed by atoms with van der Waals surface area (Å²) < 4.78 is 0.519. The Hall–Kier alpha value is 0.139. The molecule has 2 rings (SSSR count). The quantitative estimate of drug-likeness (QED) is 0.601. The van der Waals surface area contributed by atoms with Crippen molar-refractivity contribution in [2.75, 3.05) is 0 Å². The number of carbonyl (C=O) groups is 2. The molecule has 0 amide bonds. The Morgan fingerprint density at radius 3 is 1.92 bits per heavy atom. The van der Waals surface area contributed by atoms with Gasteiger partial charge in [0.25, 0.3) is 0 Å². The Morgan fingerprint density at radius 1 is 0.917 bits per heavy atom. The van der Waals surface area contributed by atoms with Gasteiger partial charge in [0.15, 0.2) is 0 Å². The third kappa shape index (κ3) is 1.58. The van der Waals surface area contributed by atoms with Gasteiger partial charge in [0.2, 0.25) is 0 Å². The van der Waals surface area contributed by atoms with E-state index in [1.165, 1.54) is 0 Å². The zero-order valence-electron chi connectivity index (χ0n) is 5.94. The summed E-state index contributed by atoms with van der Waals surface area (Å²) in [6.07, 6.45) is 0. The van der Waals surface area contributed by atoms with Crippen molar-refractivity contribution in [3.8, 4) is 0 Å². The fraction of sp³-hybridized carbons (Fsp3) is 0. The zero-order valence-corrected chi connectivity index (χ0v) is 10.6. The molecule has 1 aliphatic heterocycles. The molecule has 0 aliphatic carbocycles. The summed E-state index contributed by atoms with van der Waals surface area (Å²) in [7, 11) is 0. The normalized spacial score (nSPS) is 16.0. The molecule has 1 aromatic rings. The van der Waals surface area contributed by atoms with E-state index in [9.17, 15) is 9.59 Å². The van der Waals surface area contributed by atoms with Crippen LogP contribution in [-0.2, 0) is 0 Å². The molecule has 60 valence electrons. The van der Waals surface area contributed by atoms with Crippen LogP contribution < -0.4 is 0 Å². The first kappa shape index (κ1) is 8.72. The van der Waals surface area contributed by atoms with Crippen LogP contribution in [0.1, 0.15) is 20.7 Å². The van der Waals surface area contributed by atoms with Crippen molar-refractivity contribution >= 4 is 41.8 Å². The summed E-state index contributed by atoms with van der Waals surface area (Å²) in [5, 5.41) is 0. The predicted octanol–water partition coefficient (Wildman–Crippen LogP) is 0.304. The van der Waals surface area contributed by atoms with Crippen molar-refractivity contribution in [2.45, 2.75) is 0 Å². The van der Waals surface area contributed by atoms with Crippen molar-refractivity contribution in [2.24, 2.45) is 0 Å². The first-order valence-corrected chi connectivity index (χ1v) is 13.0. The number of rotatable bonds is 0. The van der Waals surface area contributed by atoms with Gasteiger partial charge < -0.3 is 0 Å². The van der Waals surface area contributed by atoms with Crippen LogP contribution in [0, 0.1) is 0 Å². The van der Waals surface area contributed by atoms with Crippen LogP contribution in [0.15, 0.2) is 24.3 Å². The van der Waals surface area contributed by atoms with Crippen LogP contribution in [0.2, 0.25) is 0 Å². The molecular weight excluding hydrogens is 383 g/mol. The monoisotopic (exact) mass is 392 g/mol. The Kier molecular flexibility index (Phi) is 2.53. The van der Waals surface area contributed by atoms with Crippen LogP contribution in [0.5, 0.6) is 0 Å².